The summed E-state index contributed by atoms with van der Waals surface area (Å²) in [5.41, 5.74) is 4.62. The molecule has 2 atom stereocenters. The third kappa shape index (κ3) is 5.34. The quantitative estimate of drug-likeness (QED) is 0.721. The summed E-state index contributed by atoms with van der Waals surface area (Å²) < 4.78 is 57.7. The summed E-state index contributed by atoms with van der Waals surface area (Å²) in [4.78, 5) is 17.0. The Morgan fingerprint density at radius 1 is 1.28 bits per heavy atom. The number of hydrogen-bond donors (Lipinski definition) is 2. The number of aromatic nitrogens is 1. The second-order valence-corrected chi connectivity index (χ2v) is 6.32. The number of nitrogens with two attached hydrogens (primary N) is 1. The number of carbonyl (C=O) groups excluding carboxylic acids is 1. The van der Waals surface area contributed by atoms with E-state index in [0.717, 1.165) is 11.0 Å². The first kappa shape index (κ1) is 22.9. The summed E-state index contributed by atoms with van der Waals surface area (Å²) in [6, 6.07) is 7.78. The molecule has 1 aromatic carbocycles. The van der Waals surface area contributed by atoms with E-state index < -0.39 is 30.1 Å². The molecule has 1 amide bonds. The van der Waals surface area contributed by atoms with Crippen LogP contribution in [0.2, 0.25) is 0 Å². The summed E-state index contributed by atoms with van der Waals surface area (Å²) in [6.07, 6.45) is -7.43. The van der Waals surface area contributed by atoms with Crippen LogP contribution in [0.25, 0.3) is 0 Å². The number of likely N-dealkylation sites (tertiary alicyclic amines) is 1. The number of hydrogen-bond acceptors (Lipinski definition) is 5. The van der Waals surface area contributed by atoms with E-state index in [0.29, 0.717) is 0 Å². The molecule has 3 N–H and O–H groups in total. The molecule has 1 saturated heterocycles. The first-order valence-corrected chi connectivity index (χ1v) is 8.35. The third-order valence-corrected chi connectivity index (χ3v) is 4.20. The molecule has 0 saturated carbocycles. The number of pyridine rings is 1. The van der Waals surface area contributed by atoms with Gasteiger partial charge in [-0.25, -0.2) is 9.37 Å². The van der Waals surface area contributed by atoms with Crippen LogP contribution in [-0.4, -0.2) is 46.3 Å². The first-order valence-electron chi connectivity index (χ1n) is 8.35. The highest BCUT2D eigenvalue weighted by atomic mass is 35.5. The molecule has 1 aromatic heterocycles. The van der Waals surface area contributed by atoms with Crippen LogP contribution in [0.3, 0.4) is 0 Å². The van der Waals surface area contributed by atoms with Gasteiger partial charge in [0.15, 0.2) is 0 Å². The van der Waals surface area contributed by atoms with Crippen LogP contribution < -0.4 is 10.5 Å². The second-order valence-electron chi connectivity index (χ2n) is 6.32. The number of ether oxygens (including phenoxy) is 1. The molecule has 0 spiro atoms. The van der Waals surface area contributed by atoms with Crippen LogP contribution in [-0.2, 0) is 12.7 Å². The molecule has 29 heavy (non-hydrogen) atoms. The lowest BCUT2D eigenvalue weighted by Gasteiger charge is -2.16. The largest absolute Gasteiger partial charge is 0.439 e. The molecule has 0 bridgehead atoms. The fourth-order valence-electron chi connectivity index (χ4n) is 2.78. The lowest BCUT2D eigenvalue weighted by Crippen LogP contribution is -2.29. The van der Waals surface area contributed by atoms with Gasteiger partial charge in [0.25, 0.3) is 5.91 Å². The lowest BCUT2D eigenvalue weighted by molar-refractivity contribution is -0.141. The van der Waals surface area contributed by atoms with Crippen LogP contribution in [0.4, 0.5) is 17.6 Å². The Bertz CT molecular complexity index is 872. The molecule has 11 heteroatoms. The van der Waals surface area contributed by atoms with Gasteiger partial charge in [-0.05, 0) is 29.8 Å². The van der Waals surface area contributed by atoms with Gasteiger partial charge in [-0.1, -0.05) is 6.07 Å². The predicted octanol–water partition coefficient (Wildman–Crippen LogP) is 2.93. The normalized spacial score (nSPS) is 19.0. The number of rotatable bonds is 4. The average molecular weight is 436 g/mol. The van der Waals surface area contributed by atoms with Gasteiger partial charge in [0.1, 0.15) is 23.7 Å². The van der Waals surface area contributed by atoms with Crippen molar-refractivity contribution < 1.29 is 32.2 Å². The fourth-order valence-corrected chi connectivity index (χ4v) is 2.78. The van der Waals surface area contributed by atoms with Crippen molar-refractivity contribution in [2.45, 2.75) is 25.0 Å². The number of alkyl halides is 4. The van der Waals surface area contributed by atoms with E-state index >= 15 is 0 Å². The van der Waals surface area contributed by atoms with Gasteiger partial charge in [-0.3, -0.25) is 4.79 Å². The molecule has 2 heterocycles. The Balaban J connectivity index is 0.00000300. The third-order valence-electron chi connectivity index (χ3n) is 4.20. The van der Waals surface area contributed by atoms with Crippen molar-refractivity contribution in [3.63, 3.8) is 0 Å². The highest BCUT2D eigenvalue weighted by Gasteiger charge is 2.35. The molecule has 158 valence electrons. The minimum absolute atomic E-state index is 0. The molecular formula is C18H18ClF4N3O3. The zero-order valence-corrected chi connectivity index (χ0v) is 15.7. The monoisotopic (exact) mass is 435 g/mol. The van der Waals surface area contributed by atoms with Crippen molar-refractivity contribution in [2.24, 2.45) is 5.73 Å². The maximum absolute atomic E-state index is 13.4. The molecule has 6 nitrogen and oxygen atoms in total. The van der Waals surface area contributed by atoms with E-state index in [4.69, 9.17) is 10.5 Å². The molecule has 1 fully saturated rings. The second kappa shape index (κ2) is 8.93. The number of aliphatic hydroxyl groups excluding tert-OH is 1. The van der Waals surface area contributed by atoms with E-state index in [1.807, 2.05) is 0 Å². The molecule has 1 aliphatic rings. The van der Waals surface area contributed by atoms with E-state index in [1.54, 1.807) is 0 Å². The fraction of sp³-hybridized carbons (Fsp3) is 0.333. The predicted molar refractivity (Wildman–Crippen MR) is 97.7 cm³/mol. The van der Waals surface area contributed by atoms with Crippen LogP contribution >= 0.6 is 12.4 Å². The van der Waals surface area contributed by atoms with Crippen LogP contribution in [0.5, 0.6) is 11.6 Å². The van der Waals surface area contributed by atoms with E-state index in [2.05, 4.69) is 4.98 Å². The molecule has 0 aliphatic carbocycles. The smallest absolute Gasteiger partial charge is 0.433 e. The molecular weight excluding hydrogens is 418 g/mol. The molecule has 1 aliphatic heterocycles. The van der Waals surface area contributed by atoms with Crippen LogP contribution in [0.15, 0.2) is 36.4 Å². The number of halogens is 5. The van der Waals surface area contributed by atoms with E-state index in [1.165, 1.54) is 30.3 Å². The maximum atomic E-state index is 13.4. The number of aliphatic hydroxyl groups is 1. The highest BCUT2D eigenvalue weighted by molar-refractivity contribution is 5.94. The van der Waals surface area contributed by atoms with Gasteiger partial charge in [0.05, 0.1) is 6.54 Å². The zero-order chi connectivity index (χ0) is 20.5. The van der Waals surface area contributed by atoms with Crippen molar-refractivity contribution >= 4 is 18.3 Å². The summed E-state index contributed by atoms with van der Waals surface area (Å²) in [7, 11) is 0. The van der Waals surface area contributed by atoms with E-state index in [-0.39, 0.29) is 54.8 Å². The van der Waals surface area contributed by atoms with Gasteiger partial charge < -0.3 is 20.5 Å². The minimum Gasteiger partial charge on any atom is -0.439 e. The number of amides is 1. The van der Waals surface area contributed by atoms with Gasteiger partial charge in [0.2, 0.25) is 5.88 Å². The number of carbonyl (C=O) groups is 1. The number of β-amino-alcohol motifs (C(OH)–C–C–N with tert-alkyl or cyclic N) is 1. The summed E-state index contributed by atoms with van der Waals surface area (Å²) >= 11 is 0. The van der Waals surface area contributed by atoms with E-state index in [9.17, 15) is 27.5 Å². The summed E-state index contributed by atoms with van der Waals surface area (Å²) in [5, 5.41) is 9.45. The first-order chi connectivity index (χ1) is 13.2. The Morgan fingerprint density at radius 3 is 2.59 bits per heavy atom. The topological polar surface area (TPSA) is 88.7 Å². The lowest BCUT2D eigenvalue weighted by atomic mass is 10.2. The molecule has 2 aromatic rings. The number of nitrogens with zero attached hydrogens (tertiary/aromatic N) is 2. The van der Waals surface area contributed by atoms with Crippen molar-refractivity contribution in [1.82, 2.24) is 9.88 Å². The zero-order valence-electron chi connectivity index (χ0n) is 14.9. The maximum Gasteiger partial charge on any atom is 0.433 e. The molecule has 0 radical (unpaired) electrons. The van der Waals surface area contributed by atoms with Crippen LogP contribution in [0.1, 0.15) is 21.6 Å². The van der Waals surface area contributed by atoms with Gasteiger partial charge >= 0.3 is 6.18 Å². The SMILES string of the molecule is Cl.NCc1cc(Oc2cccc(C(=O)N3C[C@@H](O)[C@H](F)C3)c2)nc(C(F)(F)F)c1. The highest BCUT2D eigenvalue weighted by Crippen LogP contribution is 2.31. The van der Waals surface area contributed by atoms with Crippen LogP contribution in [0, 0.1) is 0 Å². The van der Waals surface area contributed by atoms with Gasteiger partial charge in [-0.15, -0.1) is 12.4 Å². The Morgan fingerprint density at radius 2 is 2.00 bits per heavy atom. The van der Waals surface area contributed by atoms with Gasteiger partial charge in [0, 0.05) is 24.7 Å². The summed E-state index contributed by atoms with van der Waals surface area (Å²) in [5.74, 6) is -0.762. The summed E-state index contributed by atoms with van der Waals surface area (Å²) in [6.45, 7) is -0.511. The Hall–Kier alpha value is -2.43. The minimum atomic E-state index is -4.67. The molecule has 3 rings (SSSR count). The van der Waals surface area contributed by atoms with Crippen molar-refractivity contribution in [3.05, 3.63) is 53.2 Å². The number of benzene rings is 1. The average Bonchev–Trinajstić information content (AvgIpc) is 2.99. The van der Waals surface area contributed by atoms with Crippen molar-refractivity contribution in [1.29, 1.82) is 0 Å². The Kier molecular flexibility index (Phi) is 7.04. The van der Waals surface area contributed by atoms with Gasteiger partial charge in [-0.2, -0.15) is 13.2 Å². The molecule has 0 unspecified atom stereocenters. The standard InChI is InChI=1S/C18H17F4N3O3.ClH/c19-13-8-25(9-14(13)26)17(27)11-2-1-3-12(6-11)28-16-5-10(7-23)4-15(24-16)18(20,21)22;/h1-6,13-14,26H,7-9,23H2;1H/t13-,14-;/m1./s1. The Labute approximate surface area is 169 Å². The van der Waals surface area contributed by atoms with Crippen molar-refractivity contribution in [2.75, 3.05) is 13.1 Å². The van der Waals surface area contributed by atoms with Crippen molar-refractivity contribution in [3.8, 4) is 11.6 Å².